The van der Waals surface area contributed by atoms with E-state index in [9.17, 15) is 24.3 Å². The topological polar surface area (TPSA) is 129 Å². The summed E-state index contributed by atoms with van der Waals surface area (Å²) in [5, 5.41) is 13.8. The summed E-state index contributed by atoms with van der Waals surface area (Å²) in [6, 6.07) is 4.17. The molecular formula is C23H30N4O6S. The number of fused-ring (bicyclic) bond motifs is 1. The van der Waals surface area contributed by atoms with E-state index < -0.39 is 28.6 Å². The highest BCUT2D eigenvalue weighted by molar-refractivity contribution is 7.81. The van der Waals surface area contributed by atoms with Gasteiger partial charge < -0.3 is 14.7 Å². The van der Waals surface area contributed by atoms with Crippen molar-refractivity contribution in [3.63, 3.8) is 0 Å². The molecule has 1 saturated heterocycles. The van der Waals surface area contributed by atoms with Gasteiger partial charge in [0, 0.05) is 67.8 Å². The van der Waals surface area contributed by atoms with Gasteiger partial charge in [0.25, 0.3) is 0 Å². The van der Waals surface area contributed by atoms with Gasteiger partial charge in [-0.3, -0.25) is 19.3 Å². The van der Waals surface area contributed by atoms with Gasteiger partial charge in [0.2, 0.25) is 17.7 Å². The number of imide groups is 1. The maximum Gasteiger partial charge on any atom is 0.327 e. The van der Waals surface area contributed by atoms with E-state index in [1.54, 1.807) is 6.07 Å². The lowest BCUT2D eigenvalue weighted by molar-refractivity contribution is -0.154. The molecule has 1 aromatic carbocycles. The minimum absolute atomic E-state index is 0.0139. The van der Waals surface area contributed by atoms with Crippen molar-refractivity contribution >= 4 is 47.7 Å². The van der Waals surface area contributed by atoms with Crippen LogP contribution in [0.15, 0.2) is 23.3 Å². The summed E-state index contributed by atoms with van der Waals surface area (Å²) in [5.41, 5.74) is 5.09. The molecule has 2 aliphatic heterocycles. The van der Waals surface area contributed by atoms with Gasteiger partial charge in [0.1, 0.15) is 11.8 Å². The van der Waals surface area contributed by atoms with Gasteiger partial charge in [-0.05, 0) is 12.1 Å². The van der Waals surface area contributed by atoms with Crippen LogP contribution in [0.5, 0.6) is 5.75 Å². The number of benzene rings is 1. The third-order valence-electron chi connectivity index (χ3n) is 5.63. The number of carbonyl (C=O) groups excluding carboxylic acids is 3. The molecule has 2 aliphatic rings. The van der Waals surface area contributed by atoms with E-state index in [2.05, 4.69) is 23.2 Å². The van der Waals surface area contributed by atoms with Crippen LogP contribution in [0.3, 0.4) is 0 Å². The molecule has 1 atom stereocenters. The summed E-state index contributed by atoms with van der Waals surface area (Å²) in [5.74, 6) is -1.86. The average Bonchev–Trinajstić information content (AvgIpc) is 3.07. The van der Waals surface area contributed by atoms with Gasteiger partial charge in [0.05, 0.1) is 12.3 Å². The van der Waals surface area contributed by atoms with Crippen molar-refractivity contribution in [2.75, 3.05) is 25.1 Å². The van der Waals surface area contributed by atoms with Crippen molar-refractivity contribution in [1.29, 1.82) is 0 Å². The Morgan fingerprint density at radius 2 is 1.91 bits per heavy atom. The van der Waals surface area contributed by atoms with Crippen LogP contribution in [0.2, 0.25) is 0 Å². The third-order valence-corrected chi connectivity index (χ3v) is 5.79. The van der Waals surface area contributed by atoms with Crippen molar-refractivity contribution < 1.29 is 29.0 Å². The van der Waals surface area contributed by atoms with E-state index in [0.29, 0.717) is 18.7 Å². The number of likely N-dealkylation sites (tertiary alicyclic amines) is 1. The molecule has 1 fully saturated rings. The number of thiol groups is 1. The molecular weight excluding hydrogens is 460 g/mol. The van der Waals surface area contributed by atoms with E-state index in [1.165, 1.54) is 0 Å². The summed E-state index contributed by atoms with van der Waals surface area (Å²) in [4.78, 5) is 50.4. The van der Waals surface area contributed by atoms with Gasteiger partial charge in [-0.15, -0.1) is 0 Å². The zero-order chi connectivity index (χ0) is 25.0. The van der Waals surface area contributed by atoms with Gasteiger partial charge in [-0.25, -0.2) is 10.2 Å². The Hall–Kier alpha value is -3.08. The zero-order valence-electron chi connectivity index (χ0n) is 19.5. The highest BCUT2D eigenvalue weighted by atomic mass is 32.1. The molecule has 0 spiro atoms. The second-order valence-electron chi connectivity index (χ2n) is 9.08. The number of carboxylic acid groups (broad SMARTS) is 1. The molecule has 0 radical (unpaired) electrons. The van der Waals surface area contributed by atoms with Crippen LogP contribution >= 0.6 is 12.6 Å². The number of nitrogens with one attached hydrogen (secondary N) is 1. The molecule has 10 nitrogen and oxygen atoms in total. The second-order valence-corrected chi connectivity index (χ2v) is 10.3. The van der Waals surface area contributed by atoms with E-state index in [4.69, 9.17) is 4.74 Å². The molecule has 0 saturated carbocycles. The monoisotopic (exact) mass is 490 g/mol. The Morgan fingerprint density at radius 3 is 2.53 bits per heavy atom. The Bertz CT molecular complexity index is 1000. The lowest BCUT2D eigenvalue weighted by Crippen LogP contribution is -2.45. The van der Waals surface area contributed by atoms with Crippen LogP contribution < -0.4 is 15.1 Å². The average molecular weight is 491 g/mol. The third kappa shape index (κ3) is 6.28. The molecule has 11 heteroatoms. The van der Waals surface area contributed by atoms with Gasteiger partial charge in [-0.1, -0.05) is 13.8 Å². The largest absolute Gasteiger partial charge is 0.493 e. The Balaban J connectivity index is 1.67. The smallest absolute Gasteiger partial charge is 0.327 e. The Labute approximate surface area is 203 Å². The number of hydrazone groups is 1. The van der Waals surface area contributed by atoms with Crippen LogP contribution in [-0.4, -0.2) is 70.4 Å². The maximum atomic E-state index is 12.1. The number of nitrogens with zero attached hydrogens (tertiary/aromatic N) is 3. The highest BCUT2D eigenvalue weighted by Gasteiger charge is 2.38. The summed E-state index contributed by atoms with van der Waals surface area (Å²) in [7, 11) is 1.94. The maximum absolute atomic E-state index is 12.1. The number of rotatable bonds is 9. The van der Waals surface area contributed by atoms with E-state index in [-0.39, 0.29) is 38.2 Å². The molecule has 3 amide bonds. The molecule has 0 aliphatic carbocycles. The van der Waals surface area contributed by atoms with Crippen molar-refractivity contribution in [3.05, 3.63) is 23.8 Å². The summed E-state index contributed by atoms with van der Waals surface area (Å²) in [6.07, 6.45) is 0.958. The van der Waals surface area contributed by atoms with Crippen LogP contribution in [0.4, 0.5) is 5.69 Å². The molecule has 1 aromatic rings. The molecule has 2 N–H and O–H groups in total. The first-order chi connectivity index (χ1) is 16.0. The van der Waals surface area contributed by atoms with Crippen LogP contribution in [0, 0.1) is 0 Å². The number of carboxylic acids is 1. The molecule has 2 heterocycles. The van der Waals surface area contributed by atoms with Crippen LogP contribution in [0.25, 0.3) is 0 Å². The molecule has 34 heavy (non-hydrogen) atoms. The first-order valence-electron chi connectivity index (χ1n) is 11.1. The lowest BCUT2D eigenvalue weighted by Gasteiger charge is -2.29. The van der Waals surface area contributed by atoms with Crippen molar-refractivity contribution in [2.45, 2.75) is 56.7 Å². The first-order valence-corrected chi connectivity index (χ1v) is 11.5. The molecule has 184 valence electrons. The first kappa shape index (κ1) is 25.5. The van der Waals surface area contributed by atoms with Crippen molar-refractivity contribution in [1.82, 2.24) is 10.3 Å². The molecule has 3 rings (SSSR count). The minimum atomic E-state index is -1.24. The molecule has 0 aromatic heterocycles. The van der Waals surface area contributed by atoms with E-state index >= 15 is 0 Å². The number of hydrogen-bond acceptors (Lipinski definition) is 8. The number of ether oxygens (including phenoxy) is 1. The predicted molar refractivity (Wildman–Crippen MR) is 129 cm³/mol. The minimum Gasteiger partial charge on any atom is -0.493 e. The van der Waals surface area contributed by atoms with Crippen molar-refractivity contribution in [2.24, 2.45) is 5.10 Å². The summed E-state index contributed by atoms with van der Waals surface area (Å²) < 4.78 is 5.33. The standard InChI is InChI=1S/C23H30N4O6S/c1-23(2,34)13-19(28)25-24-16-8-10-26(3)18-12-14(4-5-15(16)18)33-11-9-17(22(31)32)27-20(29)6-7-21(27)30/h4-5,12,17,34H,6-11,13H2,1-3H3,(H,25,28)(H,31,32). The van der Waals surface area contributed by atoms with E-state index in [0.717, 1.165) is 21.9 Å². The number of hydrogen-bond donors (Lipinski definition) is 3. The van der Waals surface area contributed by atoms with Crippen LogP contribution in [0.1, 0.15) is 51.5 Å². The van der Waals surface area contributed by atoms with Gasteiger partial charge in [0.15, 0.2) is 0 Å². The van der Waals surface area contributed by atoms with Gasteiger partial charge >= 0.3 is 5.97 Å². The fourth-order valence-corrected chi connectivity index (χ4v) is 4.10. The fourth-order valence-electron chi connectivity index (χ4n) is 3.96. The highest BCUT2D eigenvalue weighted by Crippen LogP contribution is 2.31. The summed E-state index contributed by atoms with van der Waals surface area (Å²) in [6.45, 7) is 4.43. The predicted octanol–water partition coefficient (Wildman–Crippen LogP) is 1.82. The van der Waals surface area contributed by atoms with Crippen molar-refractivity contribution in [3.8, 4) is 5.75 Å². The zero-order valence-corrected chi connectivity index (χ0v) is 20.4. The van der Waals surface area contributed by atoms with Gasteiger partial charge in [-0.2, -0.15) is 17.7 Å². The SMILES string of the molecule is CN1CCC(=NNC(=O)CC(C)(C)S)c2ccc(OCCC(C(=O)O)N3C(=O)CCC3=O)cc21. The second kappa shape index (κ2) is 10.5. The molecule has 1 unspecified atom stereocenters. The Morgan fingerprint density at radius 1 is 1.24 bits per heavy atom. The number of carbonyl (C=O) groups is 4. The number of aliphatic carboxylic acids is 1. The summed E-state index contributed by atoms with van der Waals surface area (Å²) >= 11 is 4.37. The van der Waals surface area contributed by atoms with E-state index in [1.807, 2.05) is 37.9 Å². The number of amides is 3. The number of anilines is 1. The fraction of sp³-hybridized carbons (Fsp3) is 0.522. The van der Waals surface area contributed by atoms with Crippen LogP contribution in [-0.2, 0) is 19.2 Å². The normalized spacial score (nSPS) is 18.2. The lowest BCUT2D eigenvalue weighted by atomic mass is 10.00. The Kier molecular flexibility index (Phi) is 7.86. The quantitative estimate of drug-likeness (QED) is 0.274. The molecule has 0 bridgehead atoms.